The van der Waals surface area contributed by atoms with E-state index in [9.17, 15) is 9.59 Å². The number of piperidine rings is 1. The van der Waals surface area contributed by atoms with Gasteiger partial charge in [-0.1, -0.05) is 0 Å². The second-order valence-electron chi connectivity index (χ2n) is 7.50. The number of rotatable bonds is 5. The molecule has 3 rings (SSSR count). The van der Waals surface area contributed by atoms with E-state index in [1.165, 1.54) is 0 Å². The maximum absolute atomic E-state index is 12.6. The van der Waals surface area contributed by atoms with E-state index in [1.54, 1.807) is 6.07 Å². The fraction of sp³-hybridized carbons (Fsp3) is 0.600. The van der Waals surface area contributed by atoms with Gasteiger partial charge in [0.2, 0.25) is 11.8 Å². The molecule has 0 saturated carbocycles. The molecule has 0 spiro atoms. The van der Waals surface area contributed by atoms with Gasteiger partial charge in [0, 0.05) is 23.7 Å². The lowest BCUT2D eigenvalue weighted by Crippen LogP contribution is -2.48. The van der Waals surface area contributed by atoms with Gasteiger partial charge >= 0.3 is 0 Å². The molecule has 148 valence electrons. The summed E-state index contributed by atoms with van der Waals surface area (Å²) in [5.41, 5.74) is 0.697. The first-order valence-electron chi connectivity index (χ1n) is 9.69. The van der Waals surface area contributed by atoms with Crippen molar-refractivity contribution in [1.82, 2.24) is 10.2 Å². The highest BCUT2D eigenvalue weighted by molar-refractivity contribution is 5.94. The summed E-state index contributed by atoms with van der Waals surface area (Å²) >= 11 is 0. The molecular weight excluding hydrogens is 346 g/mol. The van der Waals surface area contributed by atoms with E-state index < -0.39 is 0 Å². The van der Waals surface area contributed by atoms with Crippen molar-refractivity contribution in [2.24, 2.45) is 5.92 Å². The smallest absolute Gasteiger partial charge is 0.241 e. The van der Waals surface area contributed by atoms with Crippen LogP contribution in [0.15, 0.2) is 18.2 Å². The molecule has 2 heterocycles. The summed E-state index contributed by atoms with van der Waals surface area (Å²) in [6.45, 7) is 8.38. The maximum atomic E-state index is 12.6. The van der Waals surface area contributed by atoms with Crippen LogP contribution >= 0.6 is 0 Å². The normalized spacial score (nSPS) is 18.8. The number of hydrogen-bond acceptors (Lipinski definition) is 5. The first-order valence-corrected chi connectivity index (χ1v) is 9.69. The Morgan fingerprint density at radius 2 is 1.74 bits per heavy atom. The Kier molecular flexibility index (Phi) is 6.21. The molecule has 7 nitrogen and oxygen atoms in total. The van der Waals surface area contributed by atoms with E-state index in [0.29, 0.717) is 30.4 Å². The average Bonchev–Trinajstić information content (AvgIpc) is 2.67. The maximum Gasteiger partial charge on any atom is 0.241 e. The Hall–Kier alpha value is -2.28. The molecule has 1 aromatic carbocycles. The van der Waals surface area contributed by atoms with Gasteiger partial charge in [-0.25, -0.2) is 0 Å². The minimum absolute atomic E-state index is 0.0386. The molecule has 1 atom stereocenters. The molecular formula is C20H29N3O4. The van der Waals surface area contributed by atoms with Crippen molar-refractivity contribution >= 4 is 17.5 Å². The zero-order chi connectivity index (χ0) is 19.4. The average molecular weight is 375 g/mol. The Bertz CT molecular complexity index is 684. The van der Waals surface area contributed by atoms with Gasteiger partial charge in [0.1, 0.15) is 13.2 Å². The third-order valence-electron chi connectivity index (χ3n) is 5.07. The predicted molar refractivity (Wildman–Crippen MR) is 103 cm³/mol. The van der Waals surface area contributed by atoms with Crippen LogP contribution < -0.4 is 20.1 Å². The van der Waals surface area contributed by atoms with Crippen molar-refractivity contribution in [3.05, 3.63) is 18.2 Å². The largest absolute Gasteiger partial charge is 0.486 e. The van der Waals surface area contributed by atoms with Crippen molar-refractivity contribution in [2.45, 2.75) is 45.7 Å². The molecule has 0 aromatic heterocycles. The second-order valence-corrected chi connectivity index (χ2v) is 7.50. The van der Waals surface area contributed by atoms with Crippen LogP contribution in [0.2, 0.25) is 0 Å². The third-order valence-corrected chi connectivity index (χ3v) is 5.07. The monoisotopic (exact) mass is 375 g/mol. The summed E-state index contributed by atoms with van der Waals surface area (Å²) in [5, 5.41) is 5.93. The van der Waals surface area contributed by atoms with Crippen molar-refractivity contribution < 1.29 is 19.1 Å². The molecule has 0 bridgehead atoms. The standard InChI is InChI=1S/C20H29N3O4/c1-13(2)21-20(25)15-6-8-23(9-7-15)14(3)19(24)22-16-4-5-17-18(12-16)27-11-10-26-17/h4-5,12-15H,6-11H2,1-3H3,(H,21,25)(H,22,24)/t14-/m1/s1. The van der Waals surface area contributed by atoms with Crippen LogP contribution in [0.3, 0.4) is 0 Å². The fourth-order valence-electron chi connectivity index (χ4n) is 3.48. The Balaban J connectivity index is 1.52. The lowest BCUT2D eigenvalue weighted by Gasteiger charge is -2.35. The number of nitrogens with one attached hydrogen (secondary N) is 2. The number of fused-ring (bicyclic) bond motifs is 1. The molecule has 2 aliphatic heterocycles. The molecule has 1 saturated heterocycles. The molecule has 0 radical (unpaired) electrons. The van der Waals surface area contributed by atoms with Gasteiger partial charge in [-0.15, -0.1) is 0 Å². The van der Waals surface area contributed by atoms with Gasteiger partial charge in [-0.2, -0.15) is 0 Å². The highest BCUT2D eigenvalue weighted by Gasteiger charge is 2.30. The molecule has 2 amide bonds. The zero-order valence-corrected chi connectivity index (χ0v) is 16.3. The zero-order valence-electron chi connectivity index (χ0n) is 16.3. The molecule has 0 aliphatic carbocycles. The van der Waals surface area contributed by atoms with Crippen LogP contribution in [0, 0.1) is 5.92 Å². The highest BCUT2D eigenvalue weighted by atomic mass is 16.6. The number of hydrogen-bond donors (Lipinski definition) is 2. The van der Waals surface area contributed by atoms with E-state index in [2.05, 4.69) is 15.5 Å². The Morgan fingerprint density at radius 1 is 1.07 bits per heavy atom. The van der Waals surface area contributed by atoms with Gasteiger partial charge in [0.25, 0.3) is 0 Å². The molecule has 1 fully saturated rings. The number of ether oxygens (including phenoxy) is 2. The van der Waals surface area contributed by atoms with Gasteiger partial charge in [-0.05, 0) is 58.8 Å². The number of carbonyl (C=O) groups is 2. The Morgan fingerprint density at radius 3 is 2.41 bits per heavy atom. The van der Waals surface area contributed by atoms with E-state index in [0.717, 1.165) is 25.9 Å². The van der Waals surface area contributed by atoms with E-state index in [4.69, 9.17) is 9.47 Å². The lowest BCUT2D eigenvalue weighted by atomic mass is 9.94. The van der Waals surface area contributed by atoms with Crippen LogP contribution in [0.1, 0.15) is 33.6 Å². The highest BCUT2D eigenvalue weighted by Crippen LogP contribution is 2.32. The molecule has 2 N–H and O–H groups in total. The molecule has 2 aliphatic rings. The second kappa shape index (κ2) is 8.61. The van der Waals surface area contributed by atoms with Crippen molar-refractivity contribution in [3.63, 3.8) is 0 Å². The van der Waals surface area contributed by atoms with Crippen molar-refractivity contribution in [1.29, 1.82) is 0 Å². The number of benzene rings is 1. The molecule has 1 aromatic rings. The summed E-state index contributed by atoms with van der Waals surface area (Å²) in [6.07, 6.45) is 1.56. The summed E-state index contributed by atoms with van der Waals surface area (Å²) in [6, 6.07) is 5.33. The van der Waals surface area contributed by atoms with Crippen LogP contribution in [0.5, 0.6) is 11.5 Å². The van der Waals surface area contributed by atoms with Crippen LogP contribution in [-0.4, -0.2) is 55.1 Å². The number of likely N-dealkylation sites (tertiary alicyclic amines) is 1. The predicted octanol–water partition coefficient (Wildman–Crippen LogP) is 2.02. The molecule has 7 heteroatoms. The third kappa shape index (κ3) is 4.91. The van der Waals surface area contributed by atoms with Gasteiger partial charge in [-0.3, -0.25) is 14.5 Å². The summed E-state index contributed by atoms with van der Waals surface area (Å²) in [4.78, 5) is 26.9. The van der Waals surface area contributed by atoms with Gasteiger partial charge in [0.05, 0.1) is 6.04 Å². The topological polar surface area (TPSA) is 79.9 Å². The fourth-order valence-corrected chi connectivity index (χ4v) is 3.48. The lowest BCUT2D eigenvalue weighted by molar-refractivity contribution is -0.127. The number of anilines is 1. The van der Waals surface area contributed by atoms with Crippen LogP contribution in [0.4, 0.5) is 5.69 Å². The van der Waals surface area contributed by atoms with E-state index in [1.807, 2.05) is 32.9 Å². The molecule has 27 heavy (non-hydrogen) atoms. The van der Waals surface area contributed by atoms with Crippen molar-refractivity contribution in [2.75, 3.05) is 31.6 Å². The minimum Gasteiger partial charge on any atom is -0.486 e. The summed E-state index contributed by atoms with van der Waals surface area (Å²) in [7, 11) is 0. The first kappa shape index (κ1) is 19.5. The van der Waals surface area contributed by atoms with E-state index >= 15 is 0 Å². The SMILES string of the molecule is CC(C)NC(=O)C1CCN([C@H](C)C(=O)Nc2ccc3c(c2)OCCO3)CC1. The van der Waals surface area contributed by atoms with Crippen LogP contribution in [0.25, 0.3) is 0 Å². The summed E-state index contributed by atoms with van der Waals surface area (Å²) in [5.74, 6) is 1.46. The van der Waals surface area contributed by atoms with Crippen LogP contribution in [-0.2, 0) is 9.59 Å². The number of carbonyl (C=O) groups excluding carboxylic acids is 2. The quantitative estimate of drug-likeness (QED) is 0.823. The first-order chi connectivity index (χ1) is 12.9. The van der Waals surface area contributed by atoms with Crippen molar-refractivity contribution in [3.8, 4) is 11.5 Å². The van der Waals surface area contributed by atoms with E-state index in [-0.39, 0.29) is 29.8 Å². The summed E-state index contributed by atoms with van der Waals surface area (Å²) < 4.78 is 11.1. The Labute approximate surface area is 160 Å². The number of nitrogens with zero attached hydrogens (tertiary/aromatic N) is 1. The molecule has 0 unspecified atom stereocenters. The van der Waals surface area contributed by atoms with Gasteiger partial charge in [0.15, 0.2) is 11.5 Å². The number of amides is 2. The minimum atomic E-state index is -0.257. The van der Waals surface area contributed by atoms with Gasteiger partial charge < -0.3 is 20.1 Å².